The van der Waals surface area contributed by atoms with Crippen molar-refractivity contribution in [1.29, 1.82) is 0 Å². The maximum Gasteiger partial charge on any atom is 0.0665 e. The molecule has 0 radical (unpaired) electrons. The van der Waals surface area contributed by atoms with Gasteiger partial charge in [0.25, 0.3) is 0 Å². The van der Waals surface area contributed by atoms with Gasteiger partial charge in [-0.2, -0.15) is 0 Å². The van der Waals surface area contributed by atoms with Crippen LogP contribution in [0.1, 0.15) is 109 Å². The van der Waals surface area contributed by atoms with E-state index in [1.165, 1.54) is 61.6 Å². The van der Waals surface area contributed by atoms with Gasteiger partial charge in [-0.15, -0.1) is 0 Å². The Morgan fingerprint density at radius 1 is 0.750 bits per heavy atom. The van der Waals surface area contributed by atoms with Crippen molar-refractivity contribution in [3.63, 3.8) is 0 Å². The monoisotopic (exact) mass is 530 g/mol. The molecule has 0 aliphatic rings. The first kappa shape index (κ1) is 32.0. The fraction of sp³-hybridized carbons (Fsp3) is 0.515. The van der Waals surface area contributed by atoms with Gasteiger partial charge >= 0.3 is 0 Å². The van der Waals surface area contributed by atoms with Crippen LogP contribution in [0.25, 0.3) is 0 Å². The van der Waals surface area contributed by atoms with E-state index in [1.807, 2.05) is 0 Å². The quantitative estimate of drug-likeness (QED) is 0.0891. The molecule has 0 N–H and O–H groups in total. The van der Waals surface area contributed by atoms with Crippen molar-refractivity contribution < 1.29 is 16.5 Å². The number of rotatable bonds is 16. The van der Waals surface area contributed by atoms with Crippen molar-refractivity contribution in [1.82, 2.24) is 0 Å². The fourth-order valence-electron chi connectivity index (χ4n) is 4.39. The second-order valence-corrected chi connectivity index (χ2v) is 9.61. The summed E-state index contributed by atoms with van der Waals surface area (Å²) >= 11 is 0. The second kappa shape index (κ2) is 19.2. The molecule has 36 heavy (non-hydrogen) atoms. The minimum atomic E-state index is 0. The smallest absolute Gasteiger partial charge is 0.0665 e. The third-order valence-electron chi connectivity index (χ3n) is 6.58. The zero-order chi connectivity index (χ0) is 25.3. The van der Waals surface area contributed by atoms with E-state index in [0.717, 1.165) is 54.9 Å². The predicted molar refractivity (Wildman–Crippen MR) is 157 cm³/mol. The maximum atomic E-state index is 5.20. The van der Waals surface area contributed by atoms with Crippen LogP contribution in [0.2, 0.25) is 0 Å². The molecule has 2 aromatic rings. The van der Waals surface area contributed by atoms with Gasteiger partial charge in [0.1, 0.15) is 0 Å². The molecule has 0 saturated heterocycles. The molecule has 0 unspecified atom stereocenters. The van der Waals surface area contributed by atoms with E-state index < -0.39 is 0 Å². The number of benzene rings is 2. The SMILES string of the molecule is CC=CCCc1ccccc1N=C(CCCCC)C(C)=Nc1ccc(CCCC)c(CCCC)c1.[Ni]. The molecule has 0 heterocycles. The van der Waals surface area contributed by atoms with Crippen molar-refractivity contribution in [3.8, 4) is 0 Å². The normalized spacial score (nSPS) is 12.2. The Morgan fingerprint density at radius 2 is 1.44 bits per heavy atom. The molecule has 200 valence electrons. The van der Waals surface area contributed by atoms with Crippen LogP contribution in [0.15, 0.2) is 64.6 Å². The molecule has 2 nitrogen and oxygen atoms in total. The summed E-state index contributed by atoms with van der Waals surface area (Å²) in [6.07, 6.45) is 18.3. The van der Waals surface area contributed by atoms with E-state index in [2.05, 4.69) is 89.2 Å². The molecule has 0 fully saturated rings. The fourth-order valence-corrected chi connectivity index (χ4v) is 4.39. The zero-order valence-electron chi connectivity index (χ0n) is 23.4. The Kier molecular flexibility index (Phi) is 17.1. The van der Waals surface area contributed by atoms with E-state index in [1.54, 1.807) is 0 Å². The number of hydrogen-bond donors (Lipinski definition) is 0. The molecule has 2 rings (SSSR count). The van der Waals surface area contributed by atoms with Crippen LogP contribution < -0.4 is 0 Å². The van der Waals surface area contributed by atoms with E-state index in [9.17, 15) is 0 Å². The van der Waals surface area contributed by atoms with Crippen LogP contribution >= 0.6 is 0 Å². The van der Waals surface area contributed by atoms with Crippen LogP contribution in [-0.4, -0.2) is 11.4 Å². The van der Waals surface area contributed by atoms with Crippen molar-refractivity contribution in [2.24, 2.45) is 9.98 Å². The van der Waals surface area contributed by atoms with Crippen LogP contribution in [-0.2, 0) is 35.8 Å². The molecule has 0 aliphatic carbocycles. The molecule has 0 aromatic heterocycles. The number of nitrogens with zero attached hydrogens (tertiary/aromatic N) is 2. The van der Waals surface area contributed by atoms with Crippen LogP contribution in [0, 0.1) is 0 Å². The molecular weight excluding hydrogens is 483 g/mol. The number of allylic oxidation sites excluding steroid dienone is 2. The first-order chi connectivity index (χ1) is 17.1. The van der Waals surface area contributed by atoms with Crippen LogP contribution in [0.4, 0.5) is 11.4 Å². The Morgan fingerprint density at radius 3 is 2.14 bits per heavy atom. The largest absolute Gasteiger partial charge is 0.252 e. The summed E-state index contributed by atoms with van der Waals surface area (Å²) in [6.45, 7) is 11.0. The molecular formula is C33H48N2Ni. The topological polar surface area (TPSA) is 24.7 Å². The Balaban J connectivity index is 0.00000648. The Labute approximate surface area is 231 Å². The zero-order valence-corrected chi connectivity index (χ0v) is 24.4. The van der Waals surface area contributed by atoms with Crippen molar-refractivity contribution in [2.75, 3.05) is 0 Å². The summed E-state index contributed by atoms with van der Waals surface area (Å²) in [6, 6.07) is 15.5. The van der Waals surface area contributed by atoms with Gasteiger partial charge in [0.05, 0.1) is 22.8 Å². The first-order valence-corrected chi connectivity index (χ1v) is 14.1. The van der Waals surface area contributed by atoms with Gasteiger partial charge in [0.2, 0.25) is 0 Å². The summed E-state index contributed by atoms with van der Waals surface area (Å²) in [5, 5.41) is 0. The van der Waals surface area contributed by atoms with Gasteiger partial charge in [-0.05, 0) is 100 Å². The van der Waals surface area contributed by atoms with Gasteiger partial charge in [0.15, 0.2) is 0 Å². The third-order valence-corrected chi connectivity index (χ3v) is 6.58. The average Bonchev–Trinajstić information content (AvgIpc) is 2.87. The third kappa shape index (κ3) is 11.4. The summed E-state index contributed by atoms with van der Waals surface area (Å²) in [7, 11) is 0. The van der Waals surface area contributed by atoms with Crippen molar-refractivity contribution in [3.05, 3.63) is 71.3 Å². The molecule has 3 heteroatoms. The number of hydrogen-bond acceptors (Lipinski definition) is 2. The molecule has 0 spiro atoms. The van der Waals surface area contributed by atoms with Crippen LogP contribution in [0.5, 0.6) is 0 Å². The summed E-state index contributed by atoms with van der Waals surface area (Å²) in [5.74, 6) is 0. The Hall–Kier alpha value is -1.99. The minimum Gasteiger partial charge on any atom is -0.252 e. The van der Waals surface area contributed by atoms with Gasteiger partial charge in [0, 0.05) is 16.5 Å². The first-order valence-electron chi connectivity index (χ1n) is 14.1. The maximum absolute atomic E-state index is 5.20. The summed E-state index contributed by atoms with van der Waals surface area (Å²) < 4.78 is 0. The molecule has 0 bridgehead atoms. The van der Waals surface area contributed by atoms with E-state index in [4.69, 9.17) is 9.98 Å². The number of aryl methyl sites for hydroxylation is 3. The van der Waals surface area contributed by atoms with Gasteiger partial charge in [-0.1, -0.05) is 82.9 Å². The van der Waals surface area contributed by atoms with Gasteiger partial charge in [-0.25, -0.2) is 0 Å². The molecule has 2 aromatic carbocycles. The van der Waals surface area contributed by atoms with Gasteiger partial charge in [-0.3, -0.25) is 9.98 Å². The second-order valence-electron chi connectivity index (χ2n) is 9.61. The predicted octanol–water partition coefficient (Wildman–Crippen LogP) is 10.3. The van der Waals surface area contributed by atoms with Gasteiger partial charge < -0.3 is 0 Å². The minimum absolute atomic E-state index is 0. The number of para-hydroxylation sites is 1. The van der Waals surface area contributed by atoms with Crippen molar-refractivity contribution in [2.45, 2.75) is 112 Å². The van der Waals surface area contributed by atoms with Crippen LogP contribution in [0.3, 0.4) is 0 Å². The standard InChI is InChI=1S/C33H48N2.Ni/c1-6-10-14-20-29-21-16-17-23-33(29)35-32(22-15-11-7-2)27(5)34-31-25-24-28(18-12-8-3)30(26-31)19-13-9-4;/h6,10,16-17,21,23-26H,7-9,11-15,18-20,22H2,1-5H3;. The van der Waals surface area contributed by atoms with Crippen molar-refractivity contribution >= 4 is 22.8 Å². The average molecular weight is 531 g/mol. The van der Waals surface area contributed by atoms with E-state index >= 15 is 0 Å². The molecule has 0 saturated carbocycles. The number of unbranched alkanes of at least 4 members (excludes halogenated alkanes) is 4. The Bertz CT molecular complexity index is 971. The van der Waals surface area contributed by atoms with E-state index in [0.29, 0.717) is 0 Å². The van der Waals surface area contributed by atoms with E-state index in [-0.39, 0.29) is 16.5 Å². The summed E-state index contributed by atoms with van der Waals surface area (Å²) in [4.78, 5) is 10.3. The molecule has 0 amide bonds. The number of aliphatic imine (C=N–C) groups is 2. The molecule has 0 aliphatic heterocycles. The summed E-state index contributed by atoms with van der Waals surface area (Å²) in [5.41, 5.74) is 8.63. The molecule has 0 atom stereocenters.